The highest BCUT2D eigenvalue weighted by Gasteiger charge is 2.53. The summed E-state index contributed by atoms with van der Waals surface area (Å²) in [6.45, 7) is -0.798. The Bertz CT molecular complexity index is 178. The highest BCUT2D eigenvalue weighted by atomic mass is 16.7. The molecule has 1 rings (SSSR count). The van der Waals surface area contributed by atoms with Gasteiger partial charge in [0.1, 0.15) is 18.3 Å². The van der Waals surface area contributed by atoms with Crippen LogP contribution in [0.4, 0.5) is 0 Å². The average Bonchev–Trinajstić information content (AvgIpc) is 2.08. The topological polar surface area (TPSA) is 131 Å². The normalized spacial score (nSPS) is 44.8. The van der Waals surface area contributed by atoms with Crippen molar-refractivity contribution >= 4 is 0 Å². The van der Waals surface area contributed by atoms with Crippen molar-refractivity contribution < 1.29 is 35.4 Å². The quantitative estimate of drug-likeness (QED) is 0.236. The van der Waals surface area contributed by atoms with Gasteiger partial charge in [0.05, 0.1) is 6.61 Å². The first kappa shape index (κ1) is 10.8. The van der Waals surface area contributed by atoms with E-state index in [1.807, 2.05) is 0 Å². The molecule has 1 aliphatic rings. The van der Waals surface area contributed by atoms with Crippen LogP contribution >= 0.6 is 0 Å². The fourth-order valence-electron chi connectivity index (χ4n) is 1.12. The van der Waals surface area contributed by atoms with Crippen LogP contribution in [0.25, 0.3) is 0 Å². The second kappa shape index (κ2) is 3.46. The largest absolute Gasteiger partial charge is 0.393 e. The number of ether oxygens (including phenoxy) is 1. The predicted molar refractivity (Wildman–Crippen MR) is 37.1 cm³/mol. The zero-order valence-corrected chi connectivity index (χ0v) is 6.61. The molecule has 0 amide bonds. The van der Waals surface area contributed by atoms with Crippen LogP contribution in [0.2, 0.25) is 0 Å². The molecule has 1 aliphatic heterocycles. The van der Waals surface area contributed by atoms with Gasteiger partial charge in [0.15, 0.2) is 6.29 Å². The molecule has 0 aromatic rings. The molecule has 1 saturated heterocycles. The summed E-state index contributed by atoms with van der Waals surface area (Å²) in [6, 6.07) is 0. The molecule has 0 radical (unpaired) electrons. The molecule has 4 unspecified atom stereocenters. The second-order valence-corrected chi connectivity index (χ2v) is 2.92. The maximum Gasteiger partial charge on any atom is 0.221 e. The van der Waals surface area contributed by atoms with Crippen molar-refractivity contribution in [3.63, 3.8) is 0 Å². The minimum Gasteiger partial charge on any atom is -0.393 e. The van der Waals surface area contributed by atoms with Crippen LogP contribution in [-0.2, 0) is 4.74 Å². The highest BCUT2D eigenvalue weighted by molar-refractivity contribution is 4.93. The fraction of sp³-hybridized carbons (Fsp3) is 1.00. The maximum atomic E-state index is 9.14. The van der Waals surface area contributed by atoms with Crippen LogP contribution < -0.4 is 0 Å². The van der Waals surface area contributed by atoms with Crippen molar-refractivity contribution in [3.05, 3.63) is 0 Å². The van der Waals surface area contributed by atoms with Gasteiger partial charge in [-0.3, -0.25) is 0 Å². The molecule has 0 spiro atoms. The zero-order chi connectivity index (χ0) is 10.2. The van der Waals surface area contributed by atoms with Gasteiger partial charge in [0, 0.05) is 0 Å². The third kappa shape index (κ3) is 1.67. The van der Waals surface area contributed by atoms with E-state index in [-0.39, 0.29) is 0 Å². The summed E-state index contributed by atoms with van der Waals surface area (Å²) in [5, 5.41) is 53.8. The molecule has 1 heterocycles. The fourth-order valence-corrected chi connectivity index (χ4v) is 1.12. The van der Waals surface area contributed by atoms with Crippen LogP contribution in [0.1, 0.15) is 0 Å². The molecule has 0 bridgehead atoms. The highest BCUT2D eigenvalue weighted by Crippen LogP contribution is 2.26. The molecule has 7 heteroatoms. The van der Waals surface area contributed by atoms with Gasteiger partial charge in [-0.25, -0.2) is 0 Å². The molecular formula is C6H12O7. The summed E-state index contributed by atoms with van der Waals surface area (Å²) in [5.74, 6) is -2.77. The third-order valence-corrected chi connectivity index (χ3v) is 1.99. The van der Waals surface area contributed by atoms with Crippen molar-refractivity contribution in [3.8, 4) is 0 Å². The Kier molecular flexibility index (Phi) is 2.88. The van der Waals surface area contributed by atoms with Gasteiger partial charge in [-0.05, 0) is 0 Å². The smallest absolute Gasteiger partial charge is 0.221 e. The van der Waals surface area contributed by atoms with Gasteiger partial charge >= 0.3 is 0 Å². The van der Waals surface area contributed by atoms with Crippen molar-refractivity contribution in [1.82, 2.24) is 0 Å². The van der Waals surface area contributed by atoms with Crippen LogP contribution in [0.3, 0.4) is 0 Å². The standard InChI is InChI=1S/C6H12O7/c7-1-2-6(11,12)4(9)3(8)5(10)13-2/h2-5,7-12H,1H2. The summed E-state index contributed by atoms with van der Waals surface area (Å²) in [7, 11) is 0. The lowest BCUT2D eigenvalue weighted by molar-refractivity contribution is -0.380. The SMILES string of the molecule is OCC1OC(O)C(O)C(O)C1(O)O. The summed E-state index contributed by atoms with van der Waals surface area (Å²) in [5.41, 5.74) is 0. The van der Waals surface area contributed by atoms with E-state index in [4.69, 9.17) is 30.6 Å². The number of hydrogen-bond acceptors (Lipinski definition) is 7. The van der Waals surface area contributed by atoms with Crippen LogP contribution in [0.15, 0.2) is 0 Å². The maximum absolute atomic E-state index is 9.14. The summed E-state index contributed by atoms with van der Waals surface area (Å²) in [6.07, 6.45) is -7.12. The minimum atomic E-state index is -2.77. The van der Waals surface area contributed by atoms with Gasteiger partial charge < -0.3 is 35.4 Å². The van der Waals surface area contributed by atoms with Crippen LogP contribution in [-0.4, -0.2) is 67.6 Å². The lowest BCUT2D eigenvalue weighted by atomic mass is 9.95. The van der Waals surface area contributed by atoms with E-state index in [2.05, 4.69) is 4.74 Å². The zero-order valence-electron chi connectivity index (χ0n) is 6.61. The molecule has 0 aromatic heterocycles. The Hall–Kier alpha value is -0.280. The van der Waals surface area contributed by atoms with Crippen molar-refractivity contribution in [1.29, 1.82) is 0 Å². The Morgan fingerprint density at radius 3 is 2.15 bits per heavy atom. The van der Waals surface area contributed by atoms with Crippen molar-refractivity contribution in [2.45, 2.75) is 30.4 Å². The first-order valence-electron chi connectivity index (χ1n) is 3.66. The summed E-state index contributed by atoms with van der Waals surface area (Å²) < 4.78 is 4.43. The second-order valence-electron chi connectivity index (χ2n) is 2.92. The molecule has 0 saturated carbocycles. The first-order valence-corrected chi connectivity index (χ1v) is 3.66. The number of aliphatic hydroxyl groups excluding tert-OH is 4. The van der Waals surface area contributed by atoms with Crippen LogP contribution in [0, 0.1) is 0 Å². The van der Waals surface area contributed by atoms with E-state index >= 15 is 0 Å². The van der Waals surface area contributed by atoms with Crippen molar-refractivity contribution in [2.24, 2.45) is 0 Å². The molecule has 0 aromatic carbocycles. The Morgan fingerprint density at radius 1 is 1.15 bits per heavy atom. The van der Waals surface area contributed by atoms with E-state index in [1.165, 1.54) is 0 Å². The molecule has 6 N–H and O–H groups in total. The predicted octanol–water partition coefficient (Wildman–Crippen LogP) is -3.90. The Morgan fingerprint density at radius 2 is 1.69 bits per heavy atom. The van der Waals surface area contributed by atoms with Gasteiger partial charge in [-0.1, -0.05) is 0 Å². The Labute approximate surface area is 73.4 Å². The summed E-state index contributed by atoms with van der Waals surface area (Å²) in [4.78, 5) is 0. The first-order chi connectivity index (χ1) is 5.91. The molecule has 13 heavy (non-hydrogen) atoms. The molecule has 78 valence electrons. The van der Waals surface area contributed by atoms with E-state index in [9.17, 15) is 0 Å². The third-order valence-electron chi connectivity index (χ3n) is 1.99. The average molecular weight is 196 g/mol. The number of rotatable bonds is 1. The van der Waals surface area contributed by atoms with Gasteiger partial charge in [-0.2, -0.15) is 0 Å². The van der Waals surface area contributed by atoms with E-state index < -0.39 is 37.0 Å². The minimum absolute atomic E-state index is 0.798. The molecule has 0 aliphatic carbocycles. The Balaban J connectivity index is 2.82. The van der Waals surface area contributed by atoms with E-state index in [0.717, 1.165) is 0 Å². The monoisotopic (exact) mass is 196 g/mol. The lowest BCUT2D eigenvalue weighted by Gasteiger charge is -2.42. The van der Waals surface area contributed by atoms with E-state index in [0.29, 0.717) is 0 Å². The van der Waals surface area contributed by atoms with Gasteiger partial charge in [-0.15, -0.1) is 0 Å². The number of hydrogen-bond donors (Lipinski definition) is 6. The van der Waals surface area contributed by atoms with Gasteiger partial charge in [0.2, 0.25) is 5.79 Å². The van der Waals surface area contributed by atoms with E-state index in [1.54, 1.807) is 0 Å². The molecule has 1 fully saturated rings. The van der Waals surface area contributed by atoms with Crippen molar-refractivity contribution in [2.75, 3.05) is 6.61 Å². The molecule has 4 atom stereocenters. The number of aliphatic hydroxyl groups is 6. The molecule has 7 nitrogen and oxygen atoms in total. The van der Waals surface area contributed by atoms with Crippen LogP contribution in [0.5, 0.6) is 0 Å². The van der Waals surface area contributed by atoms with Gasteiger partial charge in [0.25, 0.3) is 0 Å². The molecular weight excluding hydrogens is 184 g/mol. The lowest BCUT2D eigenvalue weighted by Crippen LogP contribution is -2.66. The summed E-state index contributed by atoms with van der Waals surface area (Å²) >= 11 is 0.